The van der Waals surface area contributed by atoms with Gasteiger partial charge in [-0.3, -0.25) is 4.79 Å². The zero-order valence-electron chi connectivity index (χ0n) is 12.8. The summed E-state index contributed by atoms with van der Waals surface area (Å²) in [7, 11) is 1.68. The normalized spacial score (nSPS) is 10.8. The van der Waals surface area contributed by atoms with Crippen molar-refractivity contribution >= 4 is 16.9 Å². The van der Waals surface area contributed by atoms with E-state index < -0.39 is 0 Å². The first kappa shape index (κ1) is 15.4. The zero-order chi connectivity index (χ0) is 15.1. The second-order valence-corrected chi connectivity index (χ2v) is 5.05. The third-order valence-corrected chi connectivity index (χ3v) is 3.56. The lowest BCUT2D eigenvalue weighted by molar-refractivity contribution is -0.143. The lowest BCUT2D eigenvalue weighted by Gasteiger charge is -2.06. The minimum absolute atomic E-state index is 0.0870. The summed E-state index contributed by atoms with van der Waals surface area (Å²) in [6, 6.07) is 8.23. The SMILES string of the molecule is CCOC(=O)CCCCCn1ccc2cc(OC)ccc21. The van der Waals surface area contributed by atoms with E-state index in [1.54, 1.807) is 7.11 Å². The van der Waals surface area contributed by atoms with Crippen LogP contribution in [0.25, 0.3) is 10.9 Å². The molecule has 2 aromatic rings. The molecule has 0 aliphatic rings. The number of rotatable bonds is 8. The van der Waals surface area contributed by atoms with Gasteiger partial charge >= 0.3 is 5.97 Å². The van der Waals surface area contributed by atoms with Crippen LogP contribution in [-0.4, -0.2) is 24.3 Å². The van der Waals surface area contributed by atoms with Crippen molar-refractivity contribution in [3.05, 3.63) is 30.5 Å². The van der Waals surface area contributed by atoms with Crippen LogP contribution in [0, 0.1) is 0 Å². The molecular weight excluding hydrogens is 266 g/mol. The van der Waals surface area contributed by atoms with Gasteiger partial charge in [0.1, 0.15) is 5.75 Å². The van der Waals surface area contributed by atoms with E-state index in [4.69, 9.17) is 9.47 Å². The molecule has 1 heterocycles. The average Bonchev–Trinajstić information content (AvgIpc) is 2.89. The van der Waals surface area contributed by atoms with Gasteiger partial charge in [-0.25, -0.2) is 0 Å². The Morgan fingerprint density at radius 3 is 2.81 bits per heavy atom. The number of esters is 1. The number of ether oxygens (including phenoxy) is 2. The molecule has 4 nitrogen and oxygen atoms in total. The summed E-state index contributed by atoms with van der Waals surface area (Å²) in [4.78, 5) is 11.2. The fourth-order valence-corrected chi connectivity index (χ4v) is 2.46. The highest BCUT2D eigenvalue weighted by molar-refractivity contribution is 5.81. The molecule has 1 aromatic carbocycles. The molecule has 0 bridgehead atoms. The summed E-state index contributed by atoms with van der Waals surface area (Å²) in [5.74, 6) is 0.797. The van der Waals surface area contributed by atoms with Crippen LogP contribution in [0.15, 0.2) is 30.5 Å². The van der Waals surface area contributed by atoms with Crippen LogP contribution in [0.3, 0.4) is 0 Å². The number of nitrogens with zero attached hydrogens (tertiary/aromatic N) is 1. The van der Waals surface area contributed by atoms with Gasteiger partial charge in [-0.1, -0.05) is 6.42 Å². The van der Waals surface area contributed by atoms with Gasteiger partial charge in [0.05, 0.1) is 13.7 Å². The topological polar surface area (TPSA) is 40.5 Å². The van der Waals surface area contributed by atoms with Gasteiger partial charge in [-0.15, -0.1) is 0 Å². The Kier molecular flexibility index (Phi) is 5.67. The molecule has 21 heavy (non-hydrogen) atoms. The molecule has 0 fully saturated rings. The fourth-order valence-electron chi connectivity index (χ4n) is 2.46. The Morgan fingerprint density at radius 1 is 1.19 bits per heavy atom. The average molecular weight is 289 g/mol. The van der Waals surface area contributed by atoms with Crippen molar-refractivity contribution in [2.24, 2.45) is 0 Å². The Balaban J connectivity index is 1.80. The molecule has 0 unspecified atom stereocenters. The highest BCUT2D eigenvalue weighted by Gasteiger charge is 2.04. The summed E-state index contributed by atoms with van der Waals surface area (Å²) in [6.45, 7) is 3.28. The van der Waals surface area contributed by atoms with E-state index >= 15 is 0 Å². The Labute approximate surface area is 125 Å². The van der Waals surface area contributed by atoms with Crippen LogP contribution in [0.1, 0.15) is 32.6 Å². The van der Waals surface area contributed by atoms with Crippen molar-refractivity contribution in [2.75, 3.05) is 13.7 Å². The molecule has 114 valence electrons. The van der Waals surface area contributed by atoms with E-state index in [9.17, 15) is 4.79 Å². The first-order chi connectivity index (χ1) is 10.2. The first-order valence-electron chi connectivity index (χ1n) is 7.53. The molecule has 2 rings (SSSR count). The summed E-state index contributed by atoms with van der Waals surface area (Å²) < 4.78 is 12.4. The number of aryl methyl sites for hydroxylation is 1. The van der Waals surface area contributed by atoms with Crippen molar-refractivity contribution in [2.45, 2.75) is 39.2 Å². The number of hydrogen-bond acceptors (Lipinski definition) is 3. The van der Waals surface area contributed by atoms with Crippen LogP contribution >= 0.6 is 0 Å². The van der Waals surface area contributed by atoms with Gasteiger partial charge in [0.15, 0.2) is 0 Å². The van der Waals surface area contributed by atoms with Crippen LogP contribution < -0.4 is 4.74 Å². The maximum atomic E-state index is 11.2. The number of fused-ring (bicyclic) bond motifs is 1. The molecule has 0 N–H and O–H groups in total. The van der Waals surface area contributed by atoms with Gasteiger partial charge in [-0.05, 0) is 44.0 Å². The first-order valence-corrected chi connectivity index (χ1v) is 7.53. The monoisotopic (exact) mass is 289 g/mol. The number of hydrogen-bond donors (Lipinski definition) is 0. The Morgan fingerprint density at radius 2 is 2.05 bits per heavy atom. The van der Waals surface area contributed by atoms with Gasteiger partial charge in [-0.2, -0.15) is 0 Å². The summed E-state index contributed by atoms with van der Waals surface area (Å²) >= 11 is 0. The predicted octanol–water partition coefficient (Wildman–Crippen LogP) is 3.77. The van der Waals surface area contributed by atoms with Gasteiger partial charge < -0.3 is 14.0 Å². The van der Waals surface area contributed by atoms with E-state index in [0.717, 1.165) is 31.6 Å². The van der Waals surface area contributed by atoms with E-state index in [1.807, 2.05) is 19.1 Å². The summed E-state index contributed by atoms with van der Waals surface area (Å²) in [5.41, 5.74) is 1.22. The smallest absolute Gasteiger partial charge is 0.305 e. The van der Waals surface area contributed by atoms with Gasteiger partial charge in [0.2, 0.25) is 0 Å². The highest BCUT2D eigenvalue weighted by Crippen LogP contribution is 2.22. The van der Waals surface area contributed by atoms with Crippen molar-refractivity contribution in [1.29, 1.82) is 0 Å². The van der Waals surface area contributed by atoms with Crippen molar-refractivity contribution < 1.29 is 14.3 Å². The lowest BCUT2D eigenvalue weighted by atomic mass is 10.2. The van der Waals surface area contributed by atoms with Crippen LogP contribution in [0.2, 0.25) is 0 Å². The minimum atomic E-state index is -0.0870. The molecule has 0 amide bonds. The van der Waals surface area contributed by atoms with Crippen molar-refractivity contribution in [1.82, 2.24) is 4.57 Å². The van der Waals surface area contributed by atoms with Crippen LogP contribution in [0.4, 0.5) is 0 Å². The largest absolute Gasteiger partial charge is 0.497 e. The number of benzene rings is 1. The standard InChI is InChI=1S/C17H23NO3/c1-3-21-17(19)7-5-4-6-11-18-12-10-14-13-15(20-2)8-9-16(14)18/h8-10,12-13H,3-7,11H2,1-2H3. The number of methoxy groups -OCH3 is 1. The maximum absolute atomic E-state index is 11.2. The Bertz CT molecular complexity index is 589. The lowest BCUT2D eigenvalue weighted by Crippen LogP contribution is -2.03. The quantitative estimate of drug-likeness (QED) is 0.548. The number of carbonyl (C=O) groups is 1. The number of aromatic nitrogens is 1. The van der Waals surface area contributed by atoms with Crippen LogP contribution in [-0.2, 0) is 16.1 Å². The Hall–Kier alpha value is -1.97. The molecular formula is C17H23NO3. The molecule has 0 aliphatic carbocycles. The molecule has 0 atom stereocenters. The maximum Gasteiger partial charge on any atom is 0.305 e. The van der Waals surface area contributed by atoms with Crippen molar-refractivity contribution in [3.63, 3.8) is 0 Å². The van der Waals surface area contributed by atoms with Crippen LogP contribution in [0.5, 0.6) is 5.75 Å². The fraction of sp³-hybridized carbons (Fsp3) is 0.471. The molecule has 0 saturated carbocycles. The zero-order valence-corrected chi connectivity index (χ0v) is 12.8. The molecule has 1 aromatic heterocycles. The third kappa shape index (κ3) is 4.25. The second kappa shape index (κ2) is 7.72. The third-order valence-electron chi connectivity index (χ3n) is 3.56. The van der Waals surface area contributed by atoms with Gasteiger partial charge in [0.25, 0.3) is 0 Å². The molecule has 4 heteroatoms. The summed E-state index contributed by atoms with van der Waals surface area (Å²) in [5, 5.41) is 1.20. The number of unbranched alkanes of at least 4 members (excludes halogenated alkanes) is 2. The van der Waals surface area contributed by atoms with Gasteiger partial charge in [0, 0.05) is 30.1 Å². The summed E-state index contributed by atoms with van der Waals surface area (Å²) in [6.07, 6.45) is 5.63. The molecule has 0 radical (unpaired) electrons. The van der Waals surface area contributed by atoms with E-state index in [2.05, 4.69) is 22.9 Å². The van der Waals surface area contributed by atoms with E-state index in [1.165, 1.54) is 10.9 Å². The van der Waals surface area contributed by atoms with E-state index in [0.29, 0.717) is 13.0 Å². The predicted molar refractivity (Wildman–Crippen MR) is 83.6 cm³/mol. The minimum Gasteiger partial charge on any atom is -0.497 e. The highest BCUT2D eigenvalue weighted by atomic mass is 16.5. The number of carbonyl (C=O) groups excluding carboxylic acids is 1. The molecule has 0 aliphatic heterocycles. The second-order valence-electron chi connectivity index (χ2n) is 5.05. The van der Waals surface area contributed by atoms with E-state index in [-0.39, 0.29) is 5.97 Å². The molecule has 0 saturated heterocycles. The molecule has 0 spiro atoms. The van der Waals surface area contributed by atoms with Crippen molar-refractivity contribution in [3.8, 4) is 5.75 Å².